The van der Waals surface area contributed by atoms with Gasteiger partial charge in [0.2, 0.25) is 0 Å². The summed E-state index contributed by atoms with van der Waals surface area (Å²) >= 11 is 12.4. The third-order valence-electron chi connectivity index (χ3n) is 3.48. The zero-order valence-electron chi connectivity index (χ0n) is 13.4. The second-order valence-corrected chi connectivity index (χ2v) is 9.76. The molecular weight excluding hydrogens is 625 g/mol. The van der Waals surface area contributed by atoms with Crippen LogP contribution in [-0.4, -0.2) is 9.97 Å². The quantitative estimate of drug-likeness (QED) is 0.186. The Balaban J connectivity index is 0.000000159. The minimum absolute atomic E-state index is 0.507. The number of nitriles is 1. The van der Waals surface area contributed by atoms with Gasteiger partial charge in [-0.05, 0) is 60.5 Å². The molecule has 0 aliphatic heterocycles. The van der Waals surface area contributed by atoms with E-state index in [4.69, 9.17) is 16.7 Å². The number of hydrogen-bond donors (Lipinski definition) is 2. The molecule has 5 nitrogen and oxygen atoms in total. The van der Waals surface area contributed by atoms with Crippen LogP contribution in [0.25, 0.3) is 26.2 Å². The summed E-state index contributed by atoms with van der Waals surface area (Å²) in [4.78, 5) is 8.17. The van der Waals surface area contributed by atoms with Crippen LogP contribution in [0.15, 0.2) is 38.2 Å². The number of fused-ring (bicyclic) bond motifs is 2. The molecule has 0 saturated heterocycles. The normalized spacial score (nSPS) is 10.9. The number of rotatable bonds is 1. The summed E-state index contributed by atoms with van der Waals surface area (Å²) in [6.45, 7) is 0. The number of anilines is 2. The van der Waals surface area contributed by atoms with Crippen LogP contribution in [0.4, 0.5) is 11.6 Å². The van der Waals surface area contributed by atoms with Crippen LogP contribution >= 0.6 is 77.1 Å². The lowest BCUT2D eigenvalue weighted by atomic mass is 10.2. The molecule has 0 bridgehead atoms. The van der Waals surface area contributed by atoms with Gasteiger partial charge in [0, 0.05) is 62.8 Å². The van der Waals surface area contributed by atoms with Gasteiger partial charge in [-0.2, -0.15) is 5.26 Å². The summed E-state index contributed by atoms with van der Waals surface area (Å²) in [6.07, 6.45) is 6.63. The van der Waals surface area contributed by atoms with Crippen LogP contribution in [0.3, 0.4) is 0 Å². The highest BCUT2D eigenvalue weighted by Gasteiger charge is 2.09. The molecule has 0 spiro atoms. The zero-order chi connectivity index (χ0) is 19.6. The van der Waals surface area contributed by atoms with Gasteiger partial charge in [-0.1, -0.05) is 0 Å². The lowest BCUT2D eigenvalue weighted by molar-refractivity contribution is 1.36. The maximum atomic E-state index is 8.47. The monoisotopic (exact) mass is 633 g/mol. The average Bonchev–Trinajstić information content (AvgIpc) is 3.23. The Morgan fingerprint density at radius 1 is 1.00 bits per heavy atom. The van der Waals surface area contributed by atoms with Crippen LogP contribution < -0.4 is 11.5 Å². The maximum Gasteiger partial charge on any atom is 0.133 e. The molecule has 0 radical (unpaired) electrons. The molecule has 0 unspecified atom stereocenters. The van der Waals surface area contributed by atoms with E-state index in [0.29, 0.717) is 11.6 Å². The van der Waals surface area contributed by atoms with E-state index < -0.39 is 0 Å². The van der Waals surface area contributed by atoms with Crippen LogP contribution in [0, 0.1) is 14.9 Å². The predicted molar refractivity (Wildman–Crippen MR) is 131 cm³/mol. The molecule has 0 amide bonds. The van der Waals surface area contributed by atoms with Gasteiger partial charge in [-0.25, -0.2) is 9.97 Å². The van der Waals surface area contributed by atoms with E-state index in [1.54, 1.807) is 41.1 Å². The second-order valence-electron chi connectivity index (χ2n) is 5.13. The summed E-state index contributed by atoms with van der Waals surface area (Å²) in [5, 5.41) is 14.4. The van der Waals surface area contributed by atoms with Gasteiger partial charge >= 0.3 is 0 Å². The number of halogens is 3. The zero-order valence-corrected chi connectivity index (χ0v) is 20.4. The molecule has 0 atom stereocenters. The summed E-state index contributed by atoms with van der Waals surface area (Å²) in [7, 11) is 0. The lowest BCUT2D eigenvalue weighted by Gasteiger charge is -1.99. The average molecular weight is 635 g/mol. The first-order valence-electron chi connectivity index (χ1n) is 7.28. The highest BCUT2D eigenvalue weighted by molar-refractivity contribution is 14.1. The minimum Gasteiger partial charge on any atom is -0.383 e. The first-order valence-corrected chi connectivity index (χ1v) is 11.7. The summed E-state index contributed by atoms with van der Waals surface area (Å²) in [6, 6.07) is 1.96. The van der Waals surface area contributed by atoms with Gasteiger partial charge in [-0.15, -0.1) is 22.7 Å². The molecule has 0 saturated carbocycles. The van der Waals surface area contributed by atoms with Crippen molar-refractivity contribution < 1.29 is 0 Å². The number of nitrogens with two attached hydrogens (primary N) is 2. The molecule has 0 fully saturated rings. The second kappa shape index (κ2) is 8.83. The van der Waals surface area contributed by atoms with Gasteiger partial charge < -0.3 is 11.5 Å². The fraction of sp³-hybridized carbons (Fsp3) is 0. The highest BCUT2D eigenvalue weighted by Crippen LogP contribution is 2.36. The van der Waals surface area contributed by atoms with E-state index in [2.05, 4.69) is 64.4 Å². The van der Waals surface area contributed by atoms with Crippen LogP contribution in [0.1, 0.15) is 5.56 Å². The Morgan fingerprint density at radius 3 is 2.15 bits per heavy atom. The van der Waals surface area contributed by atoms with Crippen LogP contribution in [0.2, 0.25) is 0 Å². The Labute approximate surface area is 193 Å². The van der Waals surface area contributed by atoms with E-state index in [1.165, 1.54) is 10.8 Å². The number of pyridine rings is 2. The standard InChI is InChI=1S/C10H6BrN3S.C7H4BrIN2S/c11-7-5-15-9-6(2-1-3-12)4-14-10(13)8(7)9;8-3-2-12-6-4(9)1-11-7(10)5(3)6/h1-2,4-5H,(H2,13,14);1-2H,(H2,10,11)/b2-1+;. The highest BCUT2D eigenvalue weighted by atomic mass is 127. The fourth-order valence-corrected chi connectivity index (χ4v) is 6.48. The predicted octanol–water partition coefficient (Wildman–Crippen LogP) is 6.42. The Kier molecular flexibility index (Phi) is 6.69. The third kappa shape index (κ3) is 4.27. The largest absolute Gasteiger partial charge is 0.383 e. The maximum absolute atomic E-state index is 8.47. The molecule has 27 heavy (non-hydrogen) atoms. The van der Waals surface area contributed by atoms with Crippen molar-refractivity contribution in [2.45, 2.75) is 0 Å². The minimum atomic E-state index is 0.507. The number of hydrogen-bond acceptors (Lipinski definition) is 7. The lowest BCUT2D eigenvalue weighted by Crippen LogP contribution is -1.91. The van der Waals surface area contributed by atoms with Crippen molar-refractivity contribution >= 4 is 115 Å². The molecular formula is C17H10Br2IN5S2. The molecule has 4 aromatic rings. The van der Waals surface area contributed by atoms with Gasteiger partial charge in [-0.3, -0.25) is 0 Å². The van der Waals surface area contributed by atoms with E-state index >= 15 is 0 Å². The van der Waals surface area contributed by atoms with Gasteiger partial charge in [0.25, 0.3) is 0 Å². The van der Waals surface area contributed by atoms with Crippen molar-refractivity contribution in [2.24, 2.45) is 0 Å². The van der Waals surface area contributed by atoms with Crippen molar-refractivity contribution in [1.29, 1.82) is 5.26 Å². The molecule has 4 aromatic heterocycles. The van der Waals surface area contributed by atoms with E-state index in [1.807, 2.05) is 16.8 Å². The number of thiophene rings is 2. The molecule has 4 heterocycles. The molecule has 0 aromatic carbocycles. The van der Waals surface area contributed by atoms with Crippen molar-refractivity contribution in [2.75, 3.05) is 11.5 Å². The number of nitrogens with zero attached hydrogens (tertiary/aromatic N) is 3. The Morgan fingerprint density at radius 2 is 1.56 bits per heavy atom. The van der Waals surface area contributed by atoms with E-state index in [0.717, 1.165) is 33.6 Å². The number of allylic oxidation sites excluding steroid dienone is 1. The summed E-state index contributed by atoms with van der Waals surface area (Å²) < 4.78 is 5.37. The molecule has 10 heteroatoms. The molecule has 4 rings (SSSR count). The van der Waals surface area contributed by atoms with Gasteiger partial charge in [0.05, 0.1) is 10.8 Å². The molecule has 136 valence electrons. The van der Waals surface area contributed by atoms with E-state index in [-0.39, 0.29) is 0 Å². The van der Waals surface area contributed by atoms with Gasteiger partial charge in [0.1, 0.15) is 11.6 Å². The summed E-state index contributed by atoms with van der Waals surface area (Å²) in [5.41, 5.74) is 12.4. The molecule has 0 aliphatic rings. The van der Waals surface area contributed by atoms with Crippen molar-refractivity contribution in [3.8, 4) is 6.07 Å². The van der Waals surface area contributed by atoms with Crippen molar-refractivity contribution in [1.82, 2.24) is 9.97 Å². The Hall–Kier alpha value is -1.26. The van der Waals surface area contributed by atoms with Gasteiger partial charge in [0.15, 0.2) is 0 Å². The Bertz CT molecular complexity index is 1210. The topological polar surface area (TPSA) is 102 Å². The number of nitrogen functional groups attached to an aromatic ring is 2. The molecule has 0 aliphatic carbocycles. The van der Waals surface area contributed by atoms with Crippen molar-refractivity contribution in [3.05, 3.63) is 47.3 Å². The smallest absolute Gasteiger partial charge is 0.133 e. The molecule has 4 N–H and O–H groups in total. The van der Waals surface area contributed by atoms with E-state index in [9.17, 15) is 0 Å². The SMILES string of the molecule is N#C/C=C/c1cnc(N)c2c(Br)csc12.Nc1ncc(I)c2scc(Br)c12. The first kappa shape index (κ1) is 20.5. The summed E-state index contributed by atoms with van der Waals surface area (Å²) in [5.74, 6) is 1.10. The third-order valence-corrected chi connectivity index (χ3v) is 8.56. The first-order chi connectivity index (χ1) is 12.9. The van der Waals surface area contributed by atoms with Crippen LogP contribution in [-0.2, 0) is 0 Å². The van der Waals surface area contributed by atoms with Crippen LogP contribution in [0.5, 0.6) is 0 Å². The van der Waals surface area contributed by atoms with Crippen molar-refractivity contribution in [3.63, 3.8) is 0 Å². The number of aromatic nitrogens is 2. The fourth-order valence-electron chi connectivity index (χ4n) is 2.30.